The van der Waals surface area contributed by atoms with E-state index in [4.69, 9.17) is 0 Å². The summed E-state index contributed by atoms with van der Waals surface area (Å²) in [6.45, 7) is 3.32. The van der Waals surface area contributed by atoms with Gasteiger partial charge in [-0.15, -0.1) is 0 Å². The maximum atomic E-state index is 11.9. The molecule has 2 aromatic rings. The quantitative estimate of drug-likeness (QED) is 0.878. The molecule has 0 radical (unpaired) electrons. The van der Waals surface area contributed by atoms with Gasteiger partial charge in [0.25, 0.3) is 0 Å². The summed E-state index contributed by atoms with van der Waals surface area (Å²) < 4.78 is 2.08. The number of hydrogen-bond acceptors (Lipinski definition) is 1. The fourth-order valence-electron chi connectivity index (χ4n) is 2.34. The number of amides is 1. The smallest absolute Gasteiger partial charge is 0.239 e. The summed E-state index contributed by atoms with van der Waals surface area (Å²) in [5, 5.41) is 4.21. The molecule has 0 atom stereocenters. The van der Waals surface area contributed by atoms with E-state index in [1.165, 1.54) is 18.2 Å². The number of para-hydroxylation sites is 1. The van der Waals surface area contributed by atoms with Gasteiger partial charge in [0, 0.05) is 17.8 Å². The van der Waals surface area contributed by atoms with E-state index >= 15 is 0 Å². The van der Waals surface area contributed by atoms with Crippen molar-refractivity contribution in [1.82, 2.24) is 9.88 Å². The van der Waals surface area contributed by atoms with Crippen LogP contribution in [0.3, 0.4) is 0 Å². The second-order valence-electron chi connectivity index (χ2n) is 5.18. The van der Waals surface area contributed by atoms with E-state index in [1.807, 2.05) is 19.1 Å². The largest absolute Gasteiger partial charge is 0.354 e. The first-order chi connectivity index (χ1) is 8.74. The van der Waals surface area contributed by atoms with E-state index in [-0.39, 0.29) is 5.91 Å². The summed E-state index contributed by atoms with van der Waals surface area (Å²) in [5.41, 5.74) is 2.27. The number of benzene rings is 1. The van der Waals surface area contributed by atoms with E-state index in [0.29, 0.717) is 6.54 Å². The monoisotopic (exact) mass is 242 g/mol. The number of rotatable bonds is 4. The van der Waals surface area contributed by atoms with E-state index < -0.39 is 0 Å². The topological polar surface area (TPSA) is 34.0 Å². The SMILES string of the molecule is Cc1cc2ccccc2n1CC(=O)NCC1CC1. The minimum Gasteiger partial charge on any atom is -0.354 e. The summed E-state index contributed by atoms with van der Waals surface area (Å²) in [5.74, 6) is 0.850. The molecule has 1 aromatic carbocycles. The first kappa shape index (κ1) is 11.3. The van der Waals surface area contributed by atoms with Crippen molar-refractivity contribution in [3.05, 3.63) is 36.0 Å². The molecule has 1 aliphatic carbocycles. The molecule has 1 aromatic heterocycles. The molecule has 1 heterocycles. The summed E-state index contributed by atoms with van der Waals surface area (Å²) in [6, 6.07) is 10.3. The number of nitrogens with zero attached hydrogens (tertiary/aromatic N) is 1. The zero-order valence-electron chi connectivity index (χ0n) is 10.6. The maximum absolute atomic E-state index is 11.9. The predicted molar refractivity (Wildman–Crippen MR) is 72.4 cm³/mol. The fourth-order valence-corrected chi connectivity index (χ4v) is 2.34. The average Bonchev–Trinajstić information content (AvgIpc) is 3.14. The van der Waals surface area contributed by atoms with Crippen LogP contribution >= 0.6 is 0 Å². The molecule has 3 rings (SSSR count). The van der Waals surface area contributed by atoms with Crippen molar-refractivity contribution in [1.29, 1.82) is 0 Å². The molecule has 0 bridgehead atoms. The molecule has 0 saturated heterocycles. The van der Waals surface area contributed by atoms with Gasteiger partial charge in [0.15, 0.2) is 0 Å². The van der Waals surface area contributed by atoms with Gasteiger partial charge in [-0.1, -0.05) is 18.2 Å². The molecule has 1 N–H and O–H groups in total. The molecule has 0 spiro atoms. The van der Waals surface area contributed by atoms with Crippen LogP contribution in [-0.4, -0.2) is 17.0 Å². The van der Waals surface area contributed by atoms with Gasteiger partial charge >= 0.3 is 0 Å². The number of aryl methyl sites for hydroxylation is 1. The van der Waals surface area contributed by atoms with Crippen molar-refractivity contribution in [2.45, 2.75) is 26.3 Å². The molecule has 1 saturated carbocycles. The van der Waals surface area contributed by atoms with Crippen LogP contribution < -0.4 is 5.32 Å². The first-order valence-corrected chi connectivity index (χ1v) is 6.55. The highest BCUT2D eigenvalue weighted by molar-refractivity contribution is 5.84. The highest BCUT2D eigenvalue weighted by atomic mass is 16.1. The fraction of sp³-hybridized carbons (Fsp3) is 0.400. The normalized spacial score (nSPS) is 14.9. The number of carbonyl (C=O) groups is 1. The van der Waals surface area contributed by atoms with Crippen molar-refractivity contribution in [3.63, 3.8) is 0 Å². The molecule has 0 unspecified atom stereocenters. The Hall–Kier alpha value is -1.77. The third-order valence-corrected chi connectivity index (χ3v) is 3.60. The standard InChI is InChI=1S/C15H18N2O/c1-11-8-13-4-2-3-5-14(13)17(11)10-15(18)16-9-12-6-7-12/h2-5,8,12H,6-7,9-10H2,1H3,(H,16,18). The Balaban J connectivity index is 1.76. The van der Waals surface area contributed by atoms with Crippen molar-refractivity contribution in [2.24, 2.45) is 5.92 Å². The molecule has 0 aliphatic heterocycles. The summed E-state index contributed by atoms with van der Waals surface area (Å²) in [6.07, 6.45) is 2.54. The van der Waals surface area contributed by atoms with E-state index in [2.05, 4.69) is 28.1 Å². The Morgan fingerprint density at radius 2 is 2.17 bits per heavy atom. The van der Waals surface area contributed by atoms with Crippen LogP contribution in [0.4, 0.5) is 0 Å². The van der Waals surface area contributed by atoms with E-state index in [1.54, 1.807) is 0 Å². The van der Waals surface area contributed by atoms with E-state index in [0.717, 1.165) is 23.7 Å². The first-order valence-electron chi connectivity index (χ1n) is 6.55. The lowest BCUT2D eigenvalue weighted by Gasteiger charge is -2.08. The van der Waals surface area contributed by atoms with Crippen LogP contribution in [0.25, 0.3) is 10.9 Å². The highest BCUT2D eigenvalue weighted by Crippen LogP contribution is 2.27. The molecule has 18 heavy (non-hydrogen) atoms. The third-order valence-electron chi connectivity index (χ3n) is 3.60. The molecular weight excluding hydrogens is 224 g/mol. The lowest BCUT2D eigenvalue weighted by molar-refractivity contribution is -0.121. The lowest BCUT2D eigenvalue weighted by Crippen LogP contribution is -2.29. The van der Waals surface area contributed by atoms with Gasteiger partial charge in [0.05, 0.1) is 0 Å². The number of aromatic nitrogens is 1. The van der Waals surface area contributed by atoms with Crippen LogP contribution in [0.2, 0.25) is 0 Å². The van der Waals surface area contributed by atoms with Crippen molar-refractivity contribution in [2.75, 3.05) is 6.54 Å². The molecule has 1 amide bonds. The van der Waals surface area contributed by atoms with Gasteiger partial charge in [-0.25, -0.2) is 0 Å². The Kier molecular flexibility index (Phi) is 2.82. The number of nitrogens with one attached hydrogen (secondary N) is 1. The summed E-state index contributed by atoms with van der Waals surface area (Å²) in [4.78, 5) is 11.9. The van der Waals surface area contributed by atoms with Crippen molar-refractivity contribution >= 4 is 16.8 Å². The molecule has 3 nitrogen and oxygen atoms in total. The third kappa shape index (κ3) is 2.26. The second-order valence-corrected chi connectivity index (χ2v) is 5.18. The van der Waals surface area contributed by atoms with Crippen LogP contribution in [0.1, 0.15) is 18.5 Å². The molecule has 3 heteroatoms. The van der Waals surface area contributed by atoms with Gasteiger partial charge in [0.2, 0.25) is 5.91 Å². The van der Waals surface area contributed by atoms with Crippen LogP contribution in [0, 0.1) is 12.8 Å². The van der Waals surface area contributed by atoms with Gasteiger partial charge in [0.1, 0.15) is 6.54 Å². The van der Waals surface area contributed by atoms with Crippen molar-refractivity contribution in [3.8, 4) is 0 Å². The lowest BCUT2D eigenvalue weighted by atomic mass is 10.2. The van der Waals surface area contributed by atoms with Crippen LogP contribution in [0.15, 0.2) is 30.3 Å². The number of hydrogen-bond donors (Lipinski definition) is 1. The zero-order chi connectivity index (χ0) is 12.5. The van der Waals surface area contributed by atoms with Crippen LogP contribution in [-0.2, 0) is 11.3 Å². The maximum Gasteiger partial charge on any atom is 0.239 e. The van der Waals surface area contributed by atoms with Crippen molar-refractivity contribution < 1.29 is 4.79 Å². The zero-order valence-corrected chi connectivity index (χ0v) is 10.6. The Labute approximate surface area is 107 Å². The average molecular weight is 242 g/mol. The highest BCUT2D eigenvalue weighted by Gasteiger charge is 2.21. The van der Waals surface area contributed by atoms with Gasteiger partial charge in [-0.3, -0.25) is 4.79 Å². The van der Waals surface area contributed by atoms with Gasteiger partial charge in [-0.2, -0.15) is 0 Å². The summed E-state index contributed by atoms with van der Waals surface area (Å²) in [7, 11) is 0. The van der Waals surface area contributed by atoms with Gasteiger partial charge in [-0.05, 0) is 43.2 Å². The predicted octanol–water partition coefficient (Wildman–Crippen LogP) is 2.48. The molecular formula is C15H18N2O. The number of fused-ring (bicyclic) bond motifs is 1. The van der Waals surface area contributed by atoms with Crippen LogP contribution in [0.5, 0.6) is 0 Å². The molecule has 1 fully saturated rings. The Morgan fingerprint density at radius 1 is 1.39 bits per heavy atom. The minimum atomic E-state index is 0.117. The van der Waals surface area contributed by atoms with Gasteiger partial charge < -0.3 is 9.88 Å². The second kappa shape index (κ2) is 4.48. The minimum absolute atomic E-state index is 0.117. The Morgan fingerprint density at radius 3 is 2.94 bits per heavy atom. The Bertz CT molecular complexity index is 581. The molecule has 1 aliphatic rings. The number of carbonyl (C=O) groups excluding carboxylic acids is 1. The molecule has 94 valence electrons. The van der Waals surface area contributed by atoms with E-state index in [9.17, 15) is 4.79 Å². The summed E-state index contributed by atoms with van der Waals surface area (Å²) >= 11 is 0.